The summed E-state index contributed by atoms with van der Waals surface area (Å²) in [5.74, 6) is 0. The van der Waals surface area contributed by atoms with E-state index in [0.29, 0.717) is 0 Å². The second-order valence-electron chi connectivity index (χ2n) is 2.77. The van der Waals surface area contributed by atoms with Gasteiger partial charge in [-0.25, -0.2) is 0 Å². The van der Waals surface area contributed by atoms with E-state index < -0.39 is 0 Å². The van der Waals surface area contributed by atoms with E-state index in [1.165, 1.54) is 5.56 Å². The lowest BCUT2D eigenvalue weighted by Crippen LogP contribution is -1.98. The normalized spacial score (nSPS) is 15.3. The molecule has 0 amide bonds. The van der Waals surface area contributed by atoms with Gasteiger partial charge >= 0.3 is 0 Å². The van der Waals surface area contributed by atoms with E-state index in [2.05, 4.69) is 0 Å². The number of halogens is 2. The Balaban J connectivity index is 2.49. The summed E-state index contributed by atoms with van der Waals surface area (Å²) in [5, 5.41) is 1.66. The molecule has 0 heterocycles. The molecule has 0 spiro atoms. The van der Waals surface area contributed by atoms with E-state index in [0.717, 1.165) is 22.0 Å². The molecule has 1 aromatic carbocycles. The monoisotopic (exact) mass is 197 g/mol. The fourth-order valence-electron chi connectivity index (χ4n) is 1.34. The molecule has 0 N–H and O–H groups in total. The first kappa shape index (κ1) is 8.15. The average molecular weight is 198 g/mol. The van der Waals surface area contributed by atoms with Crippen LogP contribution in [0.1, 0.15) is 11.1 Å². The van der Waals surface area contributed by atoms with E-state index in [1.54, 1.807) is 0 Å². The van der Waals surface area contributed by atoms with E-state index in [-0.39, 0.29) is 0 Å². The van der Waals surface area contributed by atoms with Gasteiger partial charge in [0.05, 0.1) is 0 Å². The van der Waals surface area contributed by atoms with E-state index in [1.807, 2.05) is 30.7 Å². The third kappa shape index (κ3) is 1.37. The summed E-state index contributed by atoms with van der Waals surface area (Å²) >= 11 is 11.9. The molecule has 0 nitrogen and oxygen atoms in total. The van der Waals surface area contributed by atoms with Crippen LogP contribution < -0.4 is 0 Å². The van der Waals surface area contributed by atoms with Crippen molar-refractivity contribution >= 4 is 23.2 Å². The molecule has 0 saturated heterocycles. The number of benzene rings is 1. The van der Waals surface area contributed by atoms with Crippen LogP contribution in [0.2, 0.25) is 5.02 Å². The average Bonchev–Trinajstić information content (AvgIpc) is 2.04. The highest BCUT2D eigenvalue weighted by Crippen LogP contribution is 2.29. The Kier molecular flexibility index (Phi) is 2.12. The van der Waals surface area contributed by atoms with Crippen molar-refractivity contribution in [1.29, 1.82) is 0 Å². The summed E-state index contributed by atoms with van der Waals surface area (Å²) in [6, 6.07) is 5.89. The van der Waals surface area contributed by atoms with Gasteiger partial charge in [0, 0.05) is 22.9 Å². The van der Waals surface area contributed by atoms with Crippen molar-refractivity contribution in [1.82, 2.24) is 0 Å². The van der Waals surface area contributed by atoms with Crippen LogP contribution in [0.25, 0.3) is 0 Å². The molecular weight excluding hydrogens is 191 g/mol. The molecule has 0 fully saturated rings. The van der Waals surface area contributed by atoms with Crippen molar-refractivity contribution < 1.29 is 0 Å². The fraction of sp³-hybridized carbons (Fsp3) is 0.100. The van der Waals surface area contributed by atoms with Crippen molar-refractivity contribution in [2.45, 2.75) is 6.42 Å². The Hall–Kier alpha value is -0.460. The first-order chi connectivity index (χ1) is 5.77. The van der Waals surface area contributed by atoms with Gasteiger partial charge < -0.3 is 0 Å². The lowest BCUT2D eigenvalue weighted by atomic mass is 9.97. The topological polar surface area (TPSA) is 0 Å². The quantitative estimate of drug-likeness (QED) is 0.597. The lowest BCUT2D eigenvalue weighted by Gasteiger charge is -2.13. The number of fused-ring (bicyclic) bond motifs is 1. The smallest absolute Gasteiger partial charge is 0.0447 e. The van der Waals surface area contributed by atoms with Crippen LogP contribution in [0, 0.1) is 6.42 Å². The van der Waals surface area contributed by atoms with Crippen LogP contribution in [0.15, 0.2) is 29.3 Å². The van der Waals surface area contributed by atoms with Crippen molar-refractivity contribution in [3.63, 3.8) is 0 Å². The molecule has 0 bridgehead atoms. The fourth-order valence-corrected chi connectivity index (χ4v) is 1.80. The molecule has 1 aliphatic rings. The SMILES string of the molecule is ClC1=C[CH]c2c(Cl)cccc2C1. The maximum atomic E-state index is 5.99. The van der Waals surface area contributed by atoms with Crippen LogP contribution >= 0.6 is 23.2 Å². The minimum atomic E-state index is 0.799. The molecule has 0 aromatic heterocycles. The summed E-state index contributed by atoms with van der Waals surface area (Å²) < 4.78 is 0. The van der Waals surface area contributed by atoms with Gasteiger partial charge in [0.2, 0.25) is 0 Å². The summed E-state index contributed by atoms with van der Waals surface area (Å²) in [4.78, 5) is 0. The predicted octanol–water partition coefficient (Wildman–Crippen LogP) is 3.57. The van der Waals surface area contributed by atoms with Crippen molar-refractivity contribution in [3.8, 4) is 0 Å². The summed E-state index contributed by atoms with van der Waals surface area (Å²) in [6.45, 7) is 0. The van der Waals surface area contributed by atoms with Gasteiger partial charge in [0.25, 0.3) is 0 Å². The number of allylic oxidation sites excluding steroid dienone is 2. The molecule has 1 aromatic rings. The molecule has 0 aliphatic heterocycles. The van der Waals surface area contributed by atoms with Gasteiger partial charge in [-0.15, -0.1) is 0 Å². The first-order valence-electron chi connectivity index (χ1n) is 3.74. The molecule has 1 aliphatic carbocycles. The van der Waals surface area contributed by atoms with Crippen LogP contribution in [-0.4, -0.2) is 0 Å². The van der Waals surface area contributed by atoms with Crippen molar-refractivity contribution in [2.75, 3.05) is 0 Å². The van der Waals surface area contributed by atoms with Gasteiger partial charge in [-0.3, -0.25) is 0 Å². The maximum Gasteiger partial charge on any atom is 0.0447 e. The molecule has 0 unspecified atom stereocenters. The zero-order valence-electron chi connectivity index (χ0n) is 6.35. The van der Waals surface area contributed by atoms with Gasteiger partial charge in [-0.1, -0.05) is 41.4 Å². The van der Waals surface area contributed by atoms with Crippen LogP contribution in [0.5, 0.6) is 0 Å². The molecule has 61 valence electrons. The number of rotatable bonds is 0. The molecule has 2 heteroatoms. The molecule has 0 atom stereocenters. The summed E-state index contributed by atoms with van der Waals surface area (Å²) in [5.41, 5.74) is 2.30. The van der Waals surface area contributed by atoms with Crippen molar-refractivity contribution in [2.24, 2.45) is 0 Å². The summed E-state index contributed by atoms with van der Waals surface area (Å²) in [6.07, 6.45) is 4.66. The standard InChI is InChI=1S/C10H7Cl2/c11-8-4-5-9-7(6-8)2-1-3-10(9)12/h1-5H,6H2. The molecule has 1 radical (unpaired) electrons. The zero-order valence-corrected chi connectivity index (χ0v) is 7.86. The van der Waals surface area contributed by atoms with E-state index in [9.17, 15) is 0 Å². The Morgan fingerprint density at radius 1 is 1.17 bits per heavy atom. The highest BCUT2D eigenvalue weighted by Gasteiger charge is 2.11. The van der Waals surface area contributed by atoms with Crippen LogP contribution in [0.4, 0.5) is 0 Å². The molecule has 2 rings (SSSR count). The van der Waals surface area contributed by atoms with Gasteiger partial charge in [-0.2, -0.15) is 0 Å². The second-order valence-corrected chi connectivity index (χ2v) is 3.66. The molecule has 0 saturated carbocycles. The number of hydrogen-bond donors (Lipinski definition) is 0. The largest absolute Gasteiger partial charge is 0.0891 e. The van der Waals surface area contributed by atoms with Gasteiger partial charge in [0.15, 0.2) is 0 Å². The highest BCUT2D eigenvalue weighted by molar-refractivity contribution is 6.32. The van der Waals surface area contributed by atoms with E-state index >= 15 is 0 Å². The van der Waals surface area contributed by atoms with Crippen LogP contribution in [0.3, 0.4) is 0 Å². The molecule has 12 heavy (non-hydrogen) atoms. The maximum absolute atomic E-state index is 5.99. The van der Waals surface area contributed by atoms with Gasteiger partial charge in [-0.05, 0) is 17.2 Å². The Morgan fingerprint density at radius 2 is 2.00 bits per heavy atom. The second kappa shape index (κ2) is 3.12. The Bertz CT molecular complexity index is 340. The Labute approximate surface area is 81.8 Å². The predicted molar refractivity (Wildman–Crippen MR) is 52.5 cm³/mol. The zero-order chi connectivity index (χ0) is 8.55. The third-order valence-corrected chi connectivity index (χ3v) is 2.52. The van der Waals surface area contributed by atoms with Crippen molar-refractivity contribution in [3.05, 3.63) is 51.9 Å². The number of hydrogen-bond acceptors (Lipinski definition) is 0. The first-order valence-corrected chi connectivity index (χ1v) is 4.50. The molecular formula is C10H7Cl2. The Morgan fingerprint density at radius 3 is 2.83 bits per heavy atom. The minimum absolute atomic E-state index is 0.799. The van der Waals surface area contributed by atoms with Gasteiger partial charge in [0.1, 0.15) is 0 Å². The third-order valence-electron chi connectivity index (χ3n) is 1.93. The van der Waals surface area contributed by atoms with Crippen LogP contribution in [-0.2, 0) is 6.42 Å². The lowest BCUT2D eigenvalue weighted by molar-refractivity contribution is 1.17. The van der Waals surface area contributed by atoms with E-state index in [4.69, 9.17) is 23.2 Å². The minimum Gasteiger partial charge on any atom is -0.0891 e. The summed E-state index contributed by atoms with van der Waals surface area (Å²) in [7, 11) is 0. The highest BCUT2D eigenvalue weighted by atomic mass is 35.5.